The van der Waals surface area contributed by atoms with E-state index < -0.39 is 11.6 Å². The molecule has 0 N–H and O–H groups in total. The molecule has 2 atom stereocenters. The number of hydrogen-bond donors (Lipinski definition) is 0. The molecule has 16 heavy (non-hydrogen) atoms. The summed E-state index contributed by atoms with van der Waals surface area (Å²) in [5.74, 6) is -0.232. The zero-order chi connectivity index (χ0) is 12.5. The SMILES string of the molecule is Cc1cc(C(Br)C(C)C(C)C)c(F)cc1F. The van der Waals surface area contributed by atoms with Crippen molar-refractivity contribution in [3.63, 3.8) is 0 Å². The summed E-state index contributed by atoms with van der Waals surface area (Å²) >= 11 is 3.50. The van der Waals surface area contributed by atoms with Crippen LogP contribution in [0.1, 0.15) is 36.7 Å². The van der Waals surface area contributed by atoms with Crippen LogP contribution in [0.15, 0.2) is 12.1 Å². The molecule has 1 rings (SSSR count). The highest BCUT2D eigenvalue weighted by atomic mass is 79.9. The molecule has 0 nitrogen and oxygen atoms in total. The quantitative estimate of drug-likeness (QED) is 0.687. The summed E-state index contributed by atoms with van der Waals surface area (Å²) in [6.45, 7) is 7.89. The number of benzene rings is 1. The van der Waals surface area contributed by atoms with Gasteiger partial charge in [0.05, 0.1) is 0 Å². The van der Waals surface area contributed by atoms with Gasteiger partial charge in [-0.25, -0.2) is 8.78 Å². The lowest BCUT2D eigenvalue weighted by atomic mass is 9.90. The van der Waals surface area contributed by atoms with Gasteiger partial charge in [0.2, 0.25) is 0 Å². The minimum atomic E-state index is -0.488. The first kappa shape index (κ1) is 13.6. The van der Waals surface area contributed by atoms with Crippen molar-refractivity contribution in [3.05, 3.63) is 34.9 Å². The summed E-state index contributed by atoms with van der Waals surface area (Å²) in [6.07, 6.45) is 0. The molecule has 0 radical (unpaired) electrons. The molecule has 1 aromatic rings. The Labute approximate surface area is 104 Å². The molecule has 0 fully saturated rings. The molecule has 0 amide bonds. The normalized spacial score (nSPS) is 15.2. The summed E-state index contributed by atoms with van der Waals surface area (Å²) in [5.41, 5.74) is 1.02. The van der Waals surface area contributed by atoms with Gasteiger partial charge in [0.1, 0.15) is 11.6 Å². The summed E-state index contributed by atoms with van der Waals surface area (Å²) in [7, 11) is 0. The second-order valence-corrected chi connectivity index (χ2v) is 5.61. The Hall–Kier alpha value is -0.440. The maximum atomic E-state index is 13.6. The van der Waals surface area contributed by atoms with Crippen molar-refractivity contribution in [1.82, 2.24) is 0 Å². The first-order valence-corrected chi connectivity index (χ1v) is 6.35. The molecule has 1 aromatic carbocycles. The Morgan fingerprint density at radius 3 is 2.12 bits per heavy atom. The molecule has 0 aliphatic rings. The van der Waals surface area contributed by atoms with Crippen LogP contribution in [-0.4, -0.2) is 0 Å². The van der Waals surface area contributed by atoms with E-state index in [9.17, 15) is 8.78 Å². The first-order valence-electron chi connectivity index (χ1n) is 5.44. The lowest BCUT2D eigenvalue weighted by molar-refractivity contribution is 0.406. The highest BCUT2D eigenvalue weighted by molar-refractivity contribution is 9.09. The summed E-state index contributed by atoms with van der Waals surface area (Å²) in [5, 5.41) is 0. The van der Waals surface area contributed by atoms with Crippen LogP contribution in [-0.2, 0) is 0 Å². The van der Waals surface area contributed by atoms with E-state index in [-0.39, 0.29) is 4.83 Å². The smallest absolute Gasteiger partial charge is 0.130 e. The minimum Gasteiger partial charge on any atom is -0.207 e. The molecule has 0 bridgehead atoms. The summed E-state index contributed by atoms with van der Waals surface area (Å²) in [4.78, 5) is -0.0770. The van der Waals surface area contributed by atoms with E-state index in [4.69, 9.17) is 0 Å². The van der Waals surface area contributed by atoms with Crippen molar-refractivity contribution in [1.29, 1.82) is 0 Å². The van der Waals surface area contributed by atoms with Gasteiger partial charge in [-0.05, 0) is 30.4 Å². The lowest BCUT2D eigenvalue weighted by Crippen LogP contribution is -2.12. The zero-order valence-corrected chi connectivity index (χ0v) is 11.6. The van der Waals surface area contributed by atoms with Crippen LogP contribution in [0.25, 0.3) is 0 Å². The average Bonchev–Trinajstić information content (AvgIpc) is 2.21. The fraction of sp³-hybridized carbons (Fsp3) is 0.538. The van der Waals surface area contributed by atoms with Crippen molar-refractivity contribution in [3.8, 4) is 0 Å². The maximum absolute atomic E-state index is 13.6. The van der Waals surface area contributed by atoms with Crippen LogP contribution in [0, 0.1) is 30.4 Å². The van der Waals surface area contributed by atoms with Crippen LogP contribution >= 0.6 is 15.9 Å². The highest BCUT2D eigenvalue weighted by Gasteiger charge is 2.22. The van der Waals surface area contributed by atoms with Crippen LogP contribution in [0.4, 0.5) is 8.78 Å². The van der Waals surface area contributed by atoms with Gasteiger partial charge in [-0.2, -0.15) is 0 Å². The molecular weight excluding hydrogens is 274 g/mol. The van der Waals surface area contributed by atoms with E-state index in [0.717, 1.165) is 6.07 Å². The Kier molecular flexibility index (Phi) is 4.48. The van der Waals surface area contributed by atoms with Gasteiger partial charge < -0.3 is 0 Å². The predicted molar refractivity (Wildman–Crippen MR) is 66.8 cm³/mol. The van der Waals surface area contributed by atoms with Crippen molar-refractivity contribution in [2.24, 2.45) is 11.8 Å². The van der Waals surface area contributed by atoms with Gasteiger partial charge >= 0.3 is 0 Å². The number of rotatable bonds is 3. The minimum absolute atomic E-state index is 0.0770. The third kappa shape index (κ3) is 2.82. The van der Waals surface area contributed by atoms with E-state index in [1.807, 2.05) is 0 Å². The van der Waals surface area contributed by atoms with Crippen molar-refractivity contribution >= 4 is 15.9 Å². The maximum Gasteiger partial charge on any atom is 0.130 e. The van der Waals surface area contributed by atoms with E-state index in [2.05, 4.69) is 36.7 Å². The molecule has 90 valence electrons. The number of hydrogen-bond acceptors (Lipinski definition) is 0. The van der Waals surface area contributed by atoms with Crippen LogP contribution in [0.5, 0.6) is 0 Å². The zero-order valence-electron chi connectivity index (χ0n) is 10.0. The van der Waals surface area contributed by atoms with Crippen molar-refractivity contribution < 1.29 is 8.78 Å². The van der Waals surface area contributed by atoms with Gasteiger partial charge in [-0.15, -0.1) is 0 Å². The largest absolute Gasteiger partial charge is 0.207 e. The van der Waals surface area contributed by atoms with Gasteiger partial charge in [0, 0.05) is 16.5 Å². The Bertz CT molecular complexity index is 374. The fourth-order valence-corrected chi connectivity index (χ4v) is 2.47. The molecule has 0 heterocycles. The van der Waals surface area contributed by atoms with Gasteiger partial charge in [-0.1, -0.05) is 36.7 Å². The molecule has 0 spiro atoms. The Morgan fingerprint density at radius 2 is 1.62 bits per heavy atom. The van der Waals surface area contributed by atoms with E-state index >= 15 is 0 Å². The fourth-order valence-electron chi connectivity index (χ4n) is 1.51. The number of alkyl halides is 1. The standard InChI is InChI=1S/C13H17BrF2/c1-7(2)9(4)13(14)10-5-8(3)11(15)6-12(10)16/h5-7,9,13H,1-4H3. The Balaban J connectivity index is 3.08. The van der Waals surface area contributed by atoms with E-state index in [0.29, 0.717) is 23.0 Å². The van der Waals surface area contributed by atoms with Crippen molar-refractivity contribution in [2.75, 3.05) is 0 Å². The van der Waals surface area contributed by atoms with Crippen LogP contribution in [0.2, 0.25) is 0 Å². The lowest BCUT2D eigenvalue weighted by Gasteiger charge is -2.23. The molecular formula is C13H17BrF2. The first-order chi connectivity index (χ1) is 7.34. The third-order valence-corrected chi connectivity index (χ3v) is 4.42. The third-order valence-electron chi connectivity index (χ3n) is 3.09. The van der Waals surface area contributed by atoms with Crippen LogP contribution < -0.4 is 0 Å². The molecule has 0 saturated heterocycles. The van der Waals surface area contributed by atoms with Gasteiger partial charge in [-0.3, -0.25) is 0 Å². The molecule has 3 heteroatoms. The molecule has 2 unspecified atom stereocenters. The monoisotopic (exact) mass is 290 g/mol. The second-order valence-electron chi connectivity index (χ2n) is 4.63. The van der Waals surface area contributed by atoms with E-state index in [1.165, 1.54) is 0 Å². The predicted octanol–water partition coefficient (Wildman–Crippen LogP) is 5.00. The van der Waals surface area contributed by atoms with Crippen LogP contribution in [0.3, 0.4) is 0 Å². The highest BCUT2D eigenvalue weighted by Crippen LogP contribution is 2.37. The molecule has 0 aromatic heterocycles. The van der Waals surface area contributed by atoms with Crippen molar-refractivity contribution in [2.45, 2.75) is 32.5 Å². The van der Waals surface area contributed by atoms with E-state index in [1.54, 1.807) is 13.0 Å². The number of aryl methyl sites for hydroxylation is 1. The second kappa shape index (κ2) is 5.26. The topological polar surface area (TPSA) is 0 Å². The molecule has 0 aliphatic heterocycles. The van der Waals surface area contributed by atoms with Gasteiger partial charge in [0.25, 0.3) is 0 Å². The summed E-state index contributed by atoms with van der Waals surface area (Å²) in [6, 6.07) is 2.55. The summed E-state index contributed by atoms with van der Waals surface area (Å²) < 4.78 is 26.8. The molecule has 0 saturated carbocycles. The van der Waals surface area contributed by atoms with Gasteiger partial charge in [0.15, 0.2) is 0 Å². The molecule has 0 aliphatic carbocycles. The number of halogens is 3. The Morgan fingerprint density at radius 1 is 1.06 bits per heavy atom. The average molecular weight is 291 g/mol.